The molecule has 0 saturated carbocycles. The van der Waals surface area contributed by atoms with Gasteiger partial charge in [-0.05, 0) is 46.2 Å². The van der Waals surface area contributed by atoms with Crippen molar-refractivity contribution in [2.75, 3.05) is 34.5 Å². The molecule has 29 heavy (non-hydrogen) atoms. The lowest BCUT2D eigenvalue weighted by Crippen LogP contribution is -2.09. The van der Waals surface area contributed by atoms with Crippen LogP contribution in [0.4, 0.5) is 0 Å². The van der Waals surface area contributed by atoms with Crippen molar-refractivity contribution in [2.45, 2.75) is 40.2 Å². The SMILES string of the molecule is CCOc1c(OC)c(C(O)CC=C(C)C)c(OCC)c2c(OC)ccc(OC)c12. The molecule has 2 rings (SSSR count). The van der Waals surface area contributed by atoms with Gasteiger partial charge in [0.15, 0.2) is 11.5 Å². The summed E-state index contributed by atoms with van der Waals surface area (Å²) >= 11 is 0. The maximum atomic E-state index is 11.1. The first-order valence-corrected chi connectivity index (χ1v) is 9.80. The zero-order valence-electron chi connectivity index (χ0n) is 18.4. The van der Waals surface area contributed by atoms with Crippen molar-refractivity contribution in [2.24, 2.45) is 0 Å². The molecular weight excluding hydrogens is 372 g/mol. The number of hydrogen-bond donors (Lipinski definition) is 1. The summed E-state index contributed by atoms with van der Waals surface area (Å²) in [7, 11) is 4.76. The quantitative estimate of drug-likeness (QED) is 0.559. The van der Waals surface area contributed by atoms with E-state index in [0.717, 1.165) is 5.57 Å². The molecule has 160 valence electrons. The summed E-state index contributed by atoms with van der Waals surface area (Å²) in [5.74, 6) is 2.64. The summed E-state index contributed by atoms with van der Waals surface area (Å²) in [4.78, 5) is 0. The fourth-order valence-electron chi connectivity index (χ4n) is 3.38. The van der Waals surface area contributed by atoms with Crippen molar-refractivity contribution >= 4 is 10.8 Å². The number of aliphatic hydroxyl groups excluding tert-OH is 1. The molecule has 0 aliphatic rings. The topological polar surface area (TPSA) is 66.4 Å². The van der Waals surface area contributed by atoms with E-state index in [4.69, 9.17) is 23.7 Å². The summed E-state index contributed by atoms with van der Waals surface area (Å²) in [6, 6.07) is 3.64. The Kier molecular flexibility index (Phi) is 8.02. The highest BCUT2D eigenvalue weighted by Crippen LogP contribution is 2.54. The van der Waals surface area contributed by atoms with Gasteiger partial charge in [-0.1, -0.05) is 11.6 Å². The van der Waals surface area contributed by atoms with Gasteiger partial charge in [0.2, 0.25) is 0 Å². The highest BCUT2D eigenvalue weighted by molar-refractivity contribution is 6.05. The largest absolute Gasteiger partial charge is 0.496 e. The van der Waals surface area contributed by atoms with Gasteiger partial charge in [-0.15, -0.1) is 0 Å². The van der Waals surface area contributed by atoms with Crippen LogP contribution in [-0.2, 0) is 0 Å². The zero-order valence-corrected chi connectivity index (χ0v) is 18.4. The summed E-state index contributed by atoms with van der Waals surface area (Å²) in [6.45, 7) is 8.61. The highest BCUT2D eigenvalue weighted by atomic mass is 16.5. The summed E-state index contributed by atoms with van der Waals surface area (Å²) < 4.78 is 29.0. The van der Waals surface area contributed by atoms with Crippen molar-refractivity contribution < 1.29 is 28.8 Å². The van der Waals surface area contributed by atoms with Crippen LogP contribution in [0.15, 0.2) is 23.8 Å². The Bertz CT molecular complexity index is 868. The minimum absolute atomic E-state index is 0.412. The molecule has 2 aromatic rings. The van der Waals surface area contributed by atoms with Crippen LogP contribution in [0.2, 0.25) is 0 Å². The molecule has 0 bridgehead atoms. The maximum absolute atomic E-state index is 11.1. The Morgan fingerprint density at radius 3 is 1.83 bits per heavy atom. The molecule has 0 heterocycles. The van der Waals surface area contributed by atoms with Crippen molar-refractivity contribution in [1.82, 2.24) is 0 Å². The molecule has 1 atom stereocenters. The number of aliphatic hydroxyl groups is 1. The minimum atomic E-state index is -0.846. The Labute approximate surface area is 173 Å². The lowest BCUT2D eigenvalue weighted by atomic mass is 9.95. The number of fused-ring (bicyclic) bond motifs is 1. The van der Waals surface area contributed by atoms with E-state index >= 15 is 0 Å². The molecule has 1 N–H and O–H groups in total. The molecule has 1 unspecified atom stereocenters. The number of methoxy groups -OCH3 is 3. The molecule has 0 amide bonds. The van der Waals surface area contributed by atoms with Gasteiger partial charge < -0.3 is 28.8 Å². The Balaban J connectivity index is 3.03. The molecule has 0 aliphatic carbocycles. The van der Waals surface area contributed by atoms with Gasteiger partial charge in [0.25, 0.3) is 0 Å². The van der Waals surface area contributed by atoms with Crippen molar-refractivity contribution in [1.29, 1.82) is 0 Å². The molecule has 6 nitrogen and oxygen atoms in total. The van der Waals surface area contributed by atoms with Gasteiger partial charge in [0.1, 0.15) is 17.2 Å². The number of rotatable bonds is 10. The molecule has 0 saturated heterocycles. The van der Waals surface area contributed by atoms with E-state index in [-0.39, 0.29) is 0 Å². The van der Waals surface area contributed by atoms with Gasteiger partial charge in [-0.2, -0.15) is 0 Å². The fourth-order valence-corrected chi connectivity index (χ4v) is 3.38. The molecule has 6 heteroatoms. The van der Waals surface area contributed by atoms with Crippen LogP contribution in [0.25, 0.3) is 10.8 Å². The normalized spacial score (nSPS) is 11.7. The number of allylic oxidation sites excluding steroid dienone is 1. The van der Waals surface area contributed by atoms with E-state index in [2.05, 4.69) is 0 Å². The van der Waals surface area contributed by atoms with Crippen LogP contribution in [0.5, 0.6) is 28.7 Å². The van der Waals surface area contributed by atoms with E-state index in [0.29, 0.717) is 64.7 Å². The van der Waals surface area contributed by atoms with E-state index < -0.39 is 6.10 Å². The Morgan fingerprint density at radius 2 is 1.38 bits per heavy atom. The van der Waals surface area contributed by atoms with Gasteiger partial charge in [-0.25, -0.2) is 0 Å². The van der Waals surface area contributed by atoms with Crippen LogP contribution in [0.3, 0.4) is 0 Å². The van der Waals surface area contributed by atoms with Crippen LogP contribution < -0.4 is 23.7 Å². The molecule has 0 aromatic heterocycles. The second-order valence-corrected chi connectivity index (χ2v) is 6.72. The van der Waals surface area contributed by atoms with E-state index in [1.54, 1.807) is 21.3 Å². The van der Waals surface area contributed by atoms with Crippen LogP contribution in [0, 0.1) is 0 Å². The lowest BCUT2D eigenvalue weighted by Gasteiger charge is -2.25. The third-order valence-corrected chi connectivity index (χ3v) is 4.58. The average molecular weight is 405 g/mol. The van der Waals surface area contributed by atoms with Gasteiger partial charge in [0, 0.05) is 0 Å². The van der Waals surface area contributed by atoms with Crippen LogP contribution in [-0.4, -0.2) is 39.6 Å². The first-order chi connectivity index (χ1) is 13.9. The standard InChI is InChI=1S/C23H32O6/c1-8-28-21-18(15(24)11-10-14(3)4)22(27-7)23(29-9-2)20-17(26-6)13-12-16(25-5)19(20)21/h10,12-13,15,24H,8-9,11H2,1-7H3. The first kappa shape index (κ1) is 22.7. The van der Waals surface area contributed by atoms with Crippen LogP contribution in [0.1, 0.15) is 45.8 Å². The van der Waals surface area contributed by atoms with Crippen molar-refractivity contribution in [3.8, 4) is 28.7 Å². The molecule has 2 aromatic carbocycles. The van der Waals surface area contributed by atoms with Crippen LogP contribution >= 0.6 is 0 Å². The highest BCUT2D eigenvalue weighted by Gasteiger charge is 2.30. The maximum Gasteiger partial charge on any atom is 0.173 e. The van der Waals surface area contributed by atoms with E-state index in [9.17, 15) is 5.11 Å². The van der Waals surface area contributed by atoms with E-state index in [1.807, 2.05) is 45.9 Å². The second-order valence-electron chi connectivity index (χ2n) is 6.72. The molecular formula is C23H32O6. The van der Waals surface area contributed by atoms with E-state index in [1.165, 1.54) is 0 Å². The third-order valence-electron chi connectivity index (χ3n) is 4.58. The van der Waals surface area contributed by atoms with Crippen molar-refractivity contribution in [3.05, 3.63) is 29.3 Å². The average Bonchev–Trinajstić information content (AvgIpc) is 2.72. The number of ether oxygens (including phenoxy) is 5. The minimum Gasteiger partial charge on any atom is -0.496 e. The smallest absolute Gasteiger partial charge is 0.173 e. The second kappa shape index (κ2) is 10.3. The monoisotopic (exact) mass is 404 g/mol. The number of benzene rings is 2. The summed E-state index contributed by atoms with van der Waals surface area (Å²) in [6.07, 6.45) is 1.55. The van der Waals surface area contributed by atoms with Crippen molar-refractivity contribution in [3.63, 3.8) is 0 Å². The predicted molar refractivity (Wildman–Crippen MR) is 115 cm³/mol. The summed E-state index contributed by atoms with van der Waals surface area (Å²) in [5.41, 5.74) is 1.65. The predicted octanol–water partition coefficient (Wildman–Crippen LogP) is 5.05. The number of hydrogen-bond acceptors (Lipinski definition) is 6. The molecule has 0 radical (unpaired) electrons. The summed E-state index contributed by atoms with van der Waals surface area (Å²) in [5, 5.41) is 12.5. The lowest BCUT2D eigenvalue weighted by molar-refractivity contribution is 0.169. The third kappa shape index (κ3) is 4.53. The molecule has 0 aliphatic heterocycles. The van der Waals surface area contributed by atoms with Gasteiger partial charge in [0.05, 0.1) is 57.0 Å². The Morgan fingerprint density at radius 1 is 0.862 bits per heavy atom. The molecule has 0 fully saturated rings. The zero-order chi connectivity index (χ0) is 21.6. The Hall–Kier alpha value is -2.60. The van der Waals surface area contributed by atoms with Gasteiger partial charge in [-0.3, -0.25) is 0 Å². The fraction of sp³-hybridized carbons (Fsp3) is 0.478. The van der Waals surface area contributed by atoms with Gasteiger partial charge >= 0.3 is 0 Å². The molecule has 0 spiro atoms. The first-order valence-electron chi connectivity index (χ1n) is 9.80.